The van der Waals surface area contributed by atoms with Crippen molar-refractivity contribution in [3.63, 3.8) is 0 Å². The van der Waals surface area contributed by atoms with Gasteiger partial charge in [0, 0.05) is 34.4 Å². The van der Waals surface area contributed by atoms with Gasteiger partial charge in [-0.05, 0) is 122 Å². The molecule has 9 aromatic rings. The molecule has 1 aliphatic carbocycles. The number of nitrogens with zero attached hydrogens (tertiary/aromatic N) is 1. The van der Waals surface area contributed by atoms with Crippen LogP contribution in [0.4, 0.5) is 17.1 Å². The molecule has 0 atom stereocenters. The van der Waals surface area contributed by atoms with E-state index in [1.54, 1.807) is 0 Å². The molecule has 236 valence electrons. The summed E-state index contributed by atoms with van der Waals surface area (Å²) in [5, 5.41) is 6.15. The maximum absolute atomic E-state index is 6.28. The van der Waals surface area contributed by atoms with Crippen LogP contribution >= 0.6 is 0 Å². The second-order valence-electron chi connectivity index (χ2n) is 13.3. The molecule has 1 heterocycles. The van der Waals surface area contributed by atoms with E-state index in [2.05, 4.69) is 181 Å². The summed E-state index contributed by atoms with van der Waals surface area (Å²) in [6.45, 7) is 0. The van der Waals surface area contributed by atoms with Crippen molar-refractivity contribution < 1.29 is 4.42 Å². The fraction of sp³-hybridized carbons (Fsp3) is 0.0417. The van der Waals surface area contributed by atoms with Gasteiger partial charge in [-0.25, -0.2) is 0 Å². The topological polar surface area (TPSA) is 16.4 Å². The molecular formula is C48H33NO. The Morgan fingerprint density at radius 2 is 0.980 bits per heavy atom. The summed E-state index contributed by atoms with van der Waals surface area (Å²) < 4.78 is 6.28. The highest BCUT2D eigenvalue weighted by molar-refractivity contribution is 5.99. The van der Waals surface area contributed by atoms with Crippen molar-refractivity contribution in [3.8, 4) is 33.4 Å². The Labute approximate surface area is 291 Å². The Bertz CT molecular complexity index is 2700. The van der Waals surface area contributed by atoms with Gasteiger partial charge in [0.1, 0.15) is 11.3 Å². The molecule has 0 N–H and O–H groups in total. The number of hydrogen-bond acceptors (Lipinski definition) is 2. The lowest BCUT2D eigenvalue weighted by atomic mass is 9.86. The predicted octanol–water partition coefficient (Wildman–Crippen LogP) is 13.3. The Kier molecular flexibility index (Phi) is 6.67. The third-order valence-electron chi connectivity index (χ3n) is 10.3. The molecule has 0 spiro atoms. The number of rotatable bonds is 5. The highest BCUT2D eigenvalue weighted by Crippen LogP contribution is 2.43. The Hall–Kier alpha value is -6.38. The van der Waals surface area contributed by atoms with E-state index in [0.29, 0.717) is 0 Å². The lowest BCUT2D eigenvalue weighted by molar-refractivity contribution is 0.546. The summed E-state index contributed by atoms with van der Waals surface area (Å²) in [5.41, 5.74) is 13.2. The van der Waals surface area contributed by atoms with Gasteiger partial charge in [0.05, 0.1) is 0 Å². The van der Waals surface area contributed by atoms with Crippen molar-refractivity contribution >= 4 is 49.6 Å². The normalized spacial score (nSPS) is 12.2. The van der Waals surface area contributed by atoms with Crippen molar-refractivity contribution in [1.29, 1.82) is 0 Å². The molecule has 0 aliphatic heterocycles. The van der Waals surface area contributed by atoms with Gasteiger partial charge in [-0.15, -0.1) is 0 Å². The summed E-state index contributed by atoms with van der Waals surface area (Å²) in [6.07, 6.45) is 1.95. The number of aryl methyl sites for hydroxylation is 2. The average molecular weight is 640 g/mol. The second kappa shape index (κ2) is 11.6. The number of hydrogen-bond donors (Lipinski definition) is 0. The van der Waals surface area contributed by atoms with Crippen molar-refractivity contribution in [2.75, 3.05) is 4.90 Å². The fourth-order valence-corrected chi connectivity index (χ4v) is 7.77. The zero-order valence-electron chi connectivity index (χ0n) is 27.5. The monoisotopic (exact) mass is 639 g/mol. The lowest BCUT2D eigenvalue weighted by Gasteiger charge is -2.26. The van der Waals surface area contributed by atoms with E-state index in [1.165, 1.54) is 65.9 Å². The van der Waals surface area contributed by atoms with Gasteiger partial charge >= 0.3 is 0 Å². The minimum atomic E-state index is 0.948. The van der Waals surface area contributed by atoms with Crippen LogP contribution in [0.3, 0.4) is 0 Å². The molecule has 0 radical (unpaired) electrons. The van der Waals surface area contributed by atoms with Crippen molar-refractivity contribution in [2.45, 2.75) is 12.8 Å². The summed E-state index contributed by atoms with van der Waals surface area (Å²) in [7, 11) is 0. The van der Waals surface area contributed by atoms with Crippen molar-refractivity contribution in [1.82, 2.24) is 0 Å². The number of benzene rings is 8. The molecule has 0 fully saturated rings. The predicted molar refractivity (Wildman–Crippen MR) is 210 cm³/mol. The zero-order valence-corrected chi connectivity index (χ0v) is 27.5. The van der Waals surface area contributed by atoms with Gasteiger partial charge in [-0.3, -0.25) is 0 Å². The molecule has 50 heavy (non-hydrogen) atoms. The molecule has 0 bridgehead atoms. The molecular weight excluding hydrogens is 607 g/mol. The minimum absolute atomic E-state index is 0.948. The van der Waals surface area contributed by atoms with Crippen LogP contribution in [0.25, 0.3) is 65.9 Å². The first kappa shape index (κ1) is 28.6. The van der Waals surface area contributed by atoms with Gasteiger partial charge in [-0.2, -0.15) is 0 Å². The highest BCUT2D eigenvalue weighted by atomic mass is 16.3. The number of furan rings is 1. The number of fused-ring (bicyclic) bond motifs is 7. The van der Waals surface area contributed by atoms with E-state index < -0.39 is 0 Å². The van der Waals surface area contributed by atoms with Crippen LogP contribution in [0.15, 0.2) is 180 Å². The van der Waals surface area contributed by atoms with E-state index in [-0.39, 0.29) is 0 Å². The molecule has 0 unspecified atom stereocenters. The van der Waals surface area contributed by atoms with Crippen molar-refractivity contribution in [3.05, 3.63) is 187 Å². The fourth-order valence-electron chi connectivity index (χ4n) is 7.77. The maximum atomic E-state index is 6.28. The quantitative estimate of drug-likeness (QED) is 0.186. The van der Waals surface area contributed by atoms with E-state index in [1.807, 2.05) is 0 Å². The van der Waals surface area contributed by atoms with Crippen LogP contribution in [0, 0.1) is 0 Å². The van der Waals surface area contributed by atoms with Crippen molar-refractivity contribution in [2.24, 2.45) is 0 Å². The van der Waals surface area contributed by atoms with Gasteiger partial charge in [0.2, 0.25) is 0 Å². The van der Waals surface area contributed by atoms with Crippen LogP contribution < -0.4 is 4.90 Å². The Morgan fingerprint density at radius 3 is 1.84 bits per heavy atom. The smallest absolute Gasteiger partial charge is 0.134 e. The molecule has 0 amide bonds. The van der Waals surface area contributed by atoms with Gasteiger partial charge in [0.15, 0.2) is 0 Å². The molecule has 1 aliphatic rings. The number of anilines is 3. The Morgan fingerprint density at radius 1 is 0.400 bits per heavy atom. The van der Waals surface area contributed by atoms with Crippen LogP contribution in [-0.2, 0) is 12.8 Å². The molecule has 0 saturated carbocycles. The van der Waals surface area contributed by atoms with E-state index >= 15 is 0 Å². The van der Waals surface area contributed by atoms with Crippen LogP contribution in [-0.4, -0.2) is 0 Å². The maximum Gasteiger partial charge on any atom is 0.134 e. The lowest BCUT2D eigenvalue weighted by Crippen LogP contribution is -2.09. The first-order valence-electron chi connectivity index (χ1n) is 17.4. The minimum Gasteiger partial charge on any atom is -0.460 e. The molecule has 8 aromatic carbocycles. The number of para-hydroxylation sites is 2. The van der Waals surface area contributed by atoms with Crippen LogP contribution in [0.1, 0.15) is 11.3 Å². The third kappa shape index (κ3) is 4.88. The summed E-state index contributed by atoms with van der Waals surface area (Å²) in [4.78, 5) is 2.34. The SMILES string of the molecule is c1ccc(N(c2ccc(-c3ccc4ccccc4c3)cc2)c2ccc3cc(-c4ccc5c(c4)-c4c(oc6ccccc46)CC5)ccc3c2)cc1. The van der Waals surface area contributed by atoms with E-state index in [0.717, 1.165) is 41.2 Å². The third-order valence-corrected chi connectivity index (χ3v) is 10.3. The van der Waals surface area contributed by atoms with Crippen LogP contribution in [0.2, 0.25) is 0 Å². The van der Waals surface area contributed by atoms with Gasteiger partial charge < -0.3 is 9.32 Å². The van der Waals surface area contributed by atoms with Gasteiger partial charge in [0.25, 0.3) is 0 Å². The summed E-state index contributed by atoms with van der Waals surface area (Å²) in [5.74, 6) is 1.10. The highest BCUT2D eigenvalue weighted by Gasteiger charge is 2.23. The van der Waals surface area contributed by atoms with Crippen LogP contribution in [0.5, 0.6) is 0 Å². The molecule has 2 heteroatoms. The van der Waals surface area contributed by atoms with E-state index in [9.17, 15) is 0 Å². The van der Waals surface area contributed by atoms with Gasteiger partial charge in [-0.1, -0.05) is 115 Å². The summed E-state index contributed by atoms with van der Waals surface area (Å²) in [6, 6.07) is 63.8. The first-order chi connectivity index (χ1) is 24.7. The zero-order chi connectivity index (χ0) is 33.0. The Balaban J connectivity index is 1.00. The standard InChI is InChI=1S/C48H33NO/c1-2-10-41(11-3-1)49(42-24-20-33(21-25-42)36-16-14-32-8-4-5-9-35(32)28-36)43-26-22-38-29-37(18-19-39(38)30-43)40-17-15-34-23-27-47-48(45(34)31-40)44-12-6-7-13-46(44)50-47/h1-22,24-26,28-31H,23,27H2. The molecule has 0 saturated heterocycles. The molecule has 1 aromatic heterocycles. The summed E-state index contributed by atoms with van der Waals surface area (Å²) >= 11 is 0. The largest absolute Gasteiger partial charge is 0.460 e. The molecule has 10 rings (SSSR count). The molecule has 2 nitrogen and oxygen atoms in total. The first-order valence-corrected chi connectivity index (χ1v) is 17.4. The van der Waals surface area contributed by atoms with E-state index in [4.69, 9.17) is 4.42 Å². The average Bonchev–Trinajstić information content (AvgIpc) is 3.57. The second-order valence-corrected chi connectivity index (χ2v) is 13.3.